The van der Waals surface area contributed by atoms with Gasteiger partial charge in [-0.05, 0) is 37.3 Å². The Kier molecular flexibility index (Phi) is 4.10. The predicted molar refractivity (Wildman–Crippen MR) is 90.6 cm³/mol. The molecule has 0 saturated carbocycles. The van der Waals surface area contributed by atoms with Gasteiger partial charge in [0.15, 0.2) is 0 Å². The standard InChI is InChI=1S/C18H18N2O2/c1-13-11-14-7-8-16(12-17(14)22-18(13)21)20-10-9-19-15-5-3-2-4-6-15/h2-8,11-12,19-20H,9-10H2,1H3. The second-order valence-electron chi connectivity index (χ2n) is 5.19. The Hall–Kier alpha value is -2.75. The summed E-state index contributed by atoms with van der Waals surface area (Å²) in [7, 11) is 0. The number of para-hydroxylation sites is 1. The fraction of sp³-hybridized carbons (Fsp3) is 0.167. The van der Waals surface area contributed by atoms with E-state index >= 15 is 0 Å². The van der Waals surface area contributed by atoms with Crippen LogP contribution in [0.15, 0.2) is 63.8 Å². The van der Waals surface area contributed by atoms with Gasteiger partial charge in [-0.15, -0.1) is 0 Å². The van der Waals surface area contributed by atoms with Crippen LogP contribution >= 0.6 is 0 Å². The number of anilines is 2. The molecule has 0 radical (unpaired) electrons. The van der Waals surface area contributed by atoms with Crippen LogP contribution in [0.1, 0.15) is 5.56 Å². The quantitative estimate of drug-likeness (QED) is 0.557. The van der Waals surface area contributed by atoms with Crippen LogP contribution in [0.25, 0.3) is 11.0 Å². The summed E-state index contributed by atoms with van der Waals surface area (Å²) in [5.41, 5.74) is 2.99. The average Bonchev–Trinajstić information content (AvgIpc) is 2.54. The maximum Gasteiger partial charge on any atom is 0.339 e. The zero-order valence-electron chi connectivity index (χ0n) is 12.4. The lowest BCUT2D eigenvalue weighted by Gasteiger charge is -2.09. The van der Waals surface area contributed by atoms with Gasteiger partial charge in [0.05, 0.1) is 0 Å². The Labute approximate surface area is 128 Å². The van der Waals surface area contributed by atoms with Gasteiger partial charge in [0.2, 0.25) is 0 Å². The summed E-state index contributed by atoms with van der Waals surface area (Å²) in [6.45, 7) is 3.34. The number of hydrogen-bond acceptors (Lipinski definition) is 4. The number of rotatable bonds is 5. The van der Waals surface area contributed by atoms with Gasteiger partial charge in [-0.1, -0.05) is 18.2 Å². The molecule has 112 valence electrons. The number of benzene rings is 2. The molecule has 0 bridgehead atoms. The number of aryl methyl sites for hydroxylation is 1. The minimum absolute atomic E-state index is 0.282. The number of hydrogen-bond donors (Lipinski definition) is 2. The van der Waals surface area contributed by atoms with Crippen LogP contribution in [0.5, 0.6) is 0 Å². The third-order valence-electron chi connectivity index (χ3n) is 3.47. The molecule has 4 heteroatoms. The molecule has 0 unspecified atom stereocenters. The molecule has 0 spiro atoms. The molecule has 4 nitrogen and oxygen atoms in total. The van der Waals surface area contributed by atoms with Gasteiger partial charge in [-0.25, -0.2) is 4.79 Å². The number of nitrogens with one attached hydrogen (secondary N) is 2. The molecule has 1 aromatic heterocycles. The molecule has 3 rings (SSSR count). The third kappa shape index (κ3) is 3.28. The van der Waals surface area contributed by atoms with Crippen LogP contribution in [-0.2, 0) is 0 Å². The maximum atomic E-state index is 11.6. The zero-order chi connectivity index (χ0) is 15.4. The van der Waals surface area contributed by atoms with E-state index in [9.17, 15) is 4.79 Å². The molecule has 0 amide bonds. The monoisotopic (exact) mass is 294 g/mol. The van der Waals surface area contributed by atoms with Crippen molar-refractivity contribution in [1.82, 2.24) is 0 Å². The smallest absolute Gasteiger partial charge is 0.339 e. The Morgan fingerprint density at radius 3 is 2.41 bits per heavy atom. The van der Waals surface area contributed by atoms with Crippen molar-refractivity contribution in [3.8, 4) is 0 Å². The molecule has 2 aromatic carbocycles. The van der Waals surface area contributed by atoms with Gasteiger partial charge in [-0.2, -0.15) is 0 Å². The van der Waals surface area contributed by atoms with Crippen molar-refractivity contribution in [1.29, 1.82) is 0 Å². The SMILES string of the molecule is Cc1cc2ccc(NCCNc3ccccc3)cc2oc1=O. The first kappa shape index (κ1) is 14.2. The van der Waals surface area contributed by atoms with E-state index in [1.807, 2.05) is 54.6 Å². The third-order valence-corrected chi connectivity index (χ3v) is 3.47. The van der Waals surface area contributed by atoms with E-state index in [0.29, 0.717) is 11.1 Å². The Morgan fingerprint density at radius 2 is 1.64 bits per heavy atom. The normalized spacial score (nSPS) is 10.6. The van der Waals surface area contributed by atoms with E-state index in [4.69, 9.17) is 4.42 Å². The Balaban J connectivity index is 1.62. The molecule has 0 atom stereocenters. The van der Waals surface area contributed by atoms with Crippen molar-refractivity contribution in [2.45, 2.75) is 6.92 Å². The van der Waals surface area contributed by atoms with Crippen molar-refractivity contribution >= 4 is 22.3 Å². The van der Waals surface area contributed by atoms with Gasteiger partial charge >= 0.3 is 5.63 Å². The first-order chi connectivity index (χ1) is 10.7. The van der Waals surface area contributed by atoms with Crippen LogP contribution in [-0.4, -0.2) is 13.1 Å². The van der Waals surface area contributed by atoms with Crippen LogP contribution in [0.3, 0.4) is 0 Å². The molecule has 1 heterocycles. The van der Waals surface area contributed by atoms with Crippen LogP contribution in [0.2, 0.25) is 0 Å². The molecule has 3 aromatic rings. The van der Waals surface area contributed by atoms with Gasteiger partial charge in [0, 0.05) is 41.5 Å². The van der Waals surface area contributed by atoms with Gasteiger partial charge in [0.25, 0.3) is 0 Å². The molecule has 0 fully saturated rings. The van der Waals surface area contributed by atoms with Crippen molar-refractivity contribution in [3.63, 3.8) is 0 Å². The minimum Gasteiger partial charge on any atom is -0.422 e. The average molecular weight is 294 g/mol. The van der Waals surface area contributed by atoms with E-state index in [0.717, 1.165) is 29.9 Å². The maximum absolute atomic E-state index is 11.6. The van der Waals surface area contributed by atoms with E-state index < -0.39 is 0 Å². The van der Waals surface area contributed by atoms with Gasteiger partial charge < -0.3 is 15.1 Å². The Morgan fingerprint density at radius 1 is 0.909 bits per heavy atom. The molecular formula is C18H18N2O2. The highest BCUT2D eigenvalue weighted by molar-refractivity contribution is 5.80. The van der Waals surface area contributed by atoms with E-state index in [2.05, 4.69) is 10.6 Å². The minimum atomic E-state index is -0.282. The largest absolute Gasteiger partial charge is 0.422 e. The summed E-state index contributed by atoms with van der Waals surface area (Å²) in [6, 6.07) is 17.7. The molecule has 0 aliphatic heterocycles. The lowest BCUT2D eigenvalue weighted by molar-refractivity contribution is 0.555. The second kappa shape index (κ2) is 6.35. The molecule has 0 saturated heterocycles. The fourth-order valence-corrected chi connectivity index (χ4v) is 2.29. The molecular weight excluding hydrogens is 276 g/mol. The van der Waals surface area contributed by atoms with E-state index in [-0.39, 0.29) is 5.63 Å². The topological polar surface area (TPSA) is 54.3 Å². The first-order valence-corrected chi connectivity index (χ1v) is 7.30. The van der Waals surface area contributed by atoms with Crippen molar-refractivity contribution < 1.29 is 4.42 Å². The fourth-order valence-electron chi connectivity index (χ4n) is 2.29. The van der Waals surface area contributed by atoms with E-state index in [1.54, 1.807) is 6.92 Å². The second-order valence-corrected chi connectivity index (χ2v) is 5.19. The van der Waals surface area contributed by atoms with Crippen LogP contribution in [0.4, 0.5) is 11.4 Å². The number of fused-ring (bicyclic) bond motifs is 1. The van der Waals surface area contributed by atoms with Gasteiger partial charge in [-0.3, -0.25) is 0 Å². The highest BCUT2D eigenvalue weighted by Crippen LogP contribution is 2.18. The summed E-state index contributed by atoms with van der Waals surface area (Å²) in [5.74, 6) is 0. The Bertz CT molecular complexity index is 825. The molecule has 0 aliphatic carbocycles. The lowest BCUT2D eigenvalue weighted by Crippen LogP contribution is -2.13. The van der Waals surface area contributed by atoms with Crippen molar-refractivity contribution in [2.24, 2.45) is 0 Å². The van der Waals surface area contributed by atoms with E-state index in [1.165, 1.54) is 0 Å². The van der Waals surface area contributed by atoms with Crippen molar-refractivity contribution in [3.05, 3.63) is 70.6 Å². The highest BCUT2D eigenvalue weighted by Gasteiger charge is 2.02. The molecule has 22 heavy (non-hydrogen) atoms. The summed E-state index contributed by atoms with van der Waals surface area (Å²) >= 11 is 0. The van der Waals surface area contributed by atoms with Gasteiger partial charge in [0.1, 0.15) is 5.58 Å². The summed E-state index contributed by atoms with van der Waals surface area (Å²) in [5, 5.41) is 7.58. The van der Waals surface area contributed by atoms with Crippen LogP contribution in [0, 0.1) is 6.92 Å². The highest BCUT2D eigenvalue weighted by atomic mass is 16.4. The van der Waals surface area contributed by atoms with Crippen LogP contribution < -0.4 is 16.3 Å². The lowest BCUT2D eigenvalue weighted by atomic mass is 10.2. The van der Waals surface area contributed by atoms with Crippen molar-refractivity contribution in [2.75, 3.05) is 23.7 Å². The molecule has 0 aliphatic rings. The summed E-state index contributed by atoms with van der Waals surface area (Å²) in [4.78, 5) is 11.6. The summed E-state index contributed by atoms with van der Waals surface area (Å²) < 4.78 is 5.30. The predicted octanol–water partition coefficient (Wildman–Crippen LogP) is 3.63. The zero-order valence-corrected chi connectivity index (χ0v) is 12.4. The summed E-state index contributed by atoms with van der Waals surface area (Å²) in [6.07, 6.45) is 0. The first-order valence-electron chi connectivity index (χ1n) is 7.30. The molecule has 2 N–H and O–H groups in total.